The van der Waals surface area contributed by atoms with Crippen molar-refractivity contribution >= 4 is 56.1 Å². The zero-order valence-electron chi connectivity index (χ0n) is 23.2. The highest BCUT2D eigenvalue weighted by atomic mass is 79.9. The van der Waals surface area contributed by atoms with Crippen molar-refractivity contribution in [3.63, 3.8) is 0 Å². The number of aromatic nitrogens is 1. The summed E-state index contributed by atoms with van der Waals surface area (Å²) < 4.78 is 19.4. The van der Waals surface area contributed by atoms with E-state index >= 15 is 0 Å². The van der Waals surface area contributed by atoms with E-state index in [1.54, 1.807) is 36.4 Å². The van der Waals surface area contributed by atoms with Gasteiger partial charge in [0, 0.05) is 21.0 Å². The predicted octanol–water partition coefficient (Wildman–Crippen LogP) is 6.69. The summed E-state index contributed by atoms with van der Waals surface area (Å²) >= 11 is 3.48. The molecule has 7 rings (SSSR count). The summed E-state index contributed by atoms with van der Waals surface area (Å²) in [7, 11) is 0. The zero-order chi connectivity index (χ0) is 30.0. The minimum atomic E-state index is -0.701. The van der Waals surface area contributed by atoms with Gasteiger partial charge in [-0.15, -0.1) is 0 Å². The fraction of sp³-hybridized carbons (Fsp3) is 0.265. The molecule has 1 saturated heterocycles. The van der Waals surface area contributed by atoms with Crippen LogP contribution in [-0.2, 0) is 14.3 Å². The number of anilines is 1. The molecule has 216 valence electrons. The van der Waals surface area contributed by atoms with Gasteiger partial charge in [-0.3, -0.25) is 19.3 Å². The molecule has 3 fully saturated rings. The van der Waals surface area contributed by atoms with Crippen molar-refractivity contribution in [2.24, 2.45) is 23.7 Å². The van der Waals surface area contributed by atoms with Crippen molar-refractivity contribution in [1.29, 1.82) is 0 Å². The quantitative estimate of drug-likeness (QED) is 0.132. The highest BCUT2D eigenvalue weighted by molar-refractivity contribution is 9.10. The van der Waals surface area contributed by atoms with Gasteiger partial charge in [0.1, 0.15) is 5.82 Å². The Labute approximate surface area is 255 Å². The topological polar surface area (TPSA) is 93.6 Å². The molecule has 1 aromatic heterocycles. The first-order valence-corrected chi connectivity index (χ1v) is 15.0. The van der Waals surface area contributed by atoms with Crippen LogP contribution in [0.5, 0.6) is 0 Å². The first-order chi connectivity index (χ1) is 20.7. The van der Waals surface area contributed by atoms with Gasteiger partial charge in [0.15, 0.2) is 12.4 Å². The average molecular weight is 641 g/mol. The Kier molecular flexibility index (Phi) is 6.73. The van der Waals surface area contributed by atoms with Crippen LogP contribution in [0.25, 0.3) is 22.2 Å². The number of aryl methyl sites for hydroxylation is 1. The summed E-state index contributed by atoms with van der Waals surface area (Å²) in [5.41, 5.74) is 3.60. The van der Waals surface area contributed by atoms with Crippen molar-refractivity contribution in [1.82, 2.24) is 4.98 Å². The number of carbonyl (C=O) groups is 4. The Morgan fingerprint density at radius 1 is 0.953 bits per heavy atom. The maximum Gasteiger partial charge on any atom is 0.339 e. The predicted molar refractivity (Wildman–Crippen MR) is 161 cm³/mol. The van der Waals surface area contributed by atoms with E-state index in [1.807, 2.05) is 13.0 Å². The van der Waals surface area contributed by atoms with Crippen LogP contribution in [0.15, 0.2) is 71.2 Å². The molecular weight excluding hydrogens is 615 g/mol. The largest absolute Gasteiger partial charge is 0.454 e. The van der Waals surface area contributed by atoms with Crippen molar-refractivity contribution in [3.8, 4) is 11.3 Å². The van der Waals surface area contributed by atoms with Crippen LogP contribution < -0.4 is 4.90 Å². The van der Waals surface area contributed by atoms with Crippen molar-refractivity contribution < 1.29 is 28.3 Å². The van der Waals surface area contributed by atoms with E-state index in [1.165, 1.54) is 29.2 Å². The van der Waals surface area contributed by atoms with Crippen LogP contribution in [0, 0.1) is 36.4 Å². The molecule has 1 aliphatic heterocycles. The van der Waals surface area contributed by atoms with E-state index < -0.39 is 24.2 Å². The molecule has 2 saturated carbocycles. The summed E-state index contributed by atoms with van der Waals surface area (Å²) in [6.45, 7) is 1.38. The number of ketones is 1. The number of amides is 2. The van der Waals surface area contributed by atoms with Crippen molar-refractivity contribution in [2.45, 2.75) is 26.2 Å². The molecule has 2 heterocycles. The normalized spacial score (nSPS) is 22.3. The summed E-state index contributed by atoms with van der Waals surface area (Å²) in [5.74, 6) is -1.59. The van der Waals surface area contributed by atoms with Crippen LogP contribution in [0.3, 0.4) is 0 Å². The molecule has 9 heteroatoms. The lowest BCUT2D eigenvalue weighted by Gasteiger charge is -2.19. The lowest BCUT2D eigenvalue weighted by atomic mass is 9.81. The lowest BCUT2D eigenvalue weighted by Crippen LogP contribution is -2.32. The van der Waals surface area contributed by atoms with Crippen LogP contribution in [0.1, 0.15) is 45.5 Å². The Morgan fingerprint density at radius 3 is 2.26 bits per heavy atom. The second-order valence-corrected chi connectivity index (χ2v) is 12.5. The minimum Gasteiger partial charge on any atom is -0.454 e. The Bertz CT molecular complexity index is 1810. The molecule has 0 N–H and O–H groups in total. The van der Waals surface area contributed by atoms with Gasteiger partial charge in [0.25, 0.3) is 0 Å². The number of esters is 1. The second-order valence-electron chi connectivity index (χ2n) is 11.6. The number of halogens is 2. The molecule has 43 heavy (non-hydrogen) atoms. The average Bonchev–Trinajstić information content (AvgIpc) is 3.69. The standard InChI is InChI=1S/C34H26BrFN2O5/c1-17-12-22(35)14-25-26(34(42)43-16-28(39)19-4-8-23(36)9-5-19)15-27(37-31(17)25)18-6-10-24(11-7-18)38-32(40)29-20-2-3-21(13-20)30(29)33(38)41/h4-12,14-15,20-21,29-30H,2-3,13,16H2,1H3. The van der Waals surface area contributed by atoms with Crippen LogP contribution >= 0.6 is 15.9 Å². The zero-order valence-corrected chi connectivity index (χ0v) is 24.8. The van der Waals surface area contributed by atoms with E-state index in [0.717, 1.165) is 29.3 Å². The second kappa shape index (κ2) is 10.5. The van der Waals surface area contributed by atoms with E-state index in [4.69, 9.17) is 9.72 Å². The first kappa shape index (κ1) is 27.6. The summed E-state index contributed by atoms with van der Waals surface area (Å²) in [5, 5.41) is 0.556. The van der Waals surface area contributed by atoms with Gasteiger partial charge in [-0.05, 0) is 98.2 Å². The number of nitrogens with zero attached hydrogens (tertiary/aromatic N) is 2. The van der Waals surface area contributed by atoms with Gasteiger partial charge in [0.2, 0.25) is 11.8 Å². The summed E-state index contributed by atoms with van der Waals surface area (Å²) in [6, 6.07) is 17.4. The number of rotatable bonds is 6. The molecular formula is C34H26BrFN2O5. The maximum absolute atomic E-state index is 13.3. The maximum atomic E-state index is 13.3. The van der Waals surface area contributed by atoms with Gasteiger partial charge in [-0.2, -0.15) is 0 Å². The first-order valence-electron chi connectivity index (χ1n) is 14.2. The van der Waals surface area contributed by atoms with Crippen LogP contribution in [0.4, 0.5) is 10.1 Å². The van der Waals surface area contributed by atoms with E-state index in [0.29, 0.717) is 39.7 Å². The fourth-order valence-corrected chi connectivity index (χ4v) is 7.72. The van der Waals surface area contributed by atoms with Gasteiger partial charge < -0.3 is 4.74 Å². The molecule has 4 aromatic rings. The van der Waals surface area contributed by atoms with E-state index in [2.05, 4.69) is 15.9 Å². The molecule has 2 aliphatic carbocycles. The Hall–Kier alpha value is -4.24. The lowest BCUT2D eigenvalue weighted by molar-refractivity contribution is -0.123. The van der Waals surface area contributed by atoms with Gasteiger partial charge in [-0.1, -0.05) is 28.1 Å². The number of hydrogen-bond donors (Lipinski definition) is 0. The molecule has 4 atom stereocenters. The Morgan fingerprint density at radius 2 is 1.60 bits per heavy atom. The van der Waals surface area contributed by atoms with E-state index in [9.17, 15) is 23.6 Å². The minimum absolute atomic E-state index is 0.0970. The number of Topliss-reactive ketones (excluding diaryl/α,β-unsaturated/α-hetero) is 1. The summed E-state index contributed by atoms with van der Waals surface area (Å²) in [6.07, 6.45) is 3.02. The number of fused-ring (bicyclic) bond motifs is 6. The highest BCUT2D eigenvalue weighted by Crippen LogP contribution is 2.56. The molecule has 3 aliphatic rings. The molecule has 0 radical (unpaired) electrons. The molecule has 7 nitrogen and oxygen atoms in total. The van der Waals surface area contributed by atoms with Gasteiger partial charge in [0.05, 0.1) is 34.3 Å². The van der Waals surface area contributed by atoms with Gasteiger partial charge in [-0.25, -0.2) is 14.2 Å². The number of hydrogen-bond acceptors (Lipinski definition) is 6. The van der Waals surface area contributed by atoms with Crippen molar-refractivity contribution in [3.05, 3.63) is 93.7 Å². The fourth-order valence-electron chi connectivity index (χ4n) is 7.15. The molecule has 3 aromatic carbocycles. The molecule has 2 bridgehead atoms. The van der Waals surface area contributed by atoms with E-state index in [-0.39, 0.29) is 34.8 Å². The highest BCUT2D eigenvalue weighted by Gasteiger charge is 2.61. The van der Waals surface area contributed by atoms with Crippen molar-refractivity contribution in [2.75, 3.05) is 11.5 Å². The van der Waals surface area contributed by atoms with Gasteiger partial charge >= 0.3 is 5.97 Å². The molecule has 4 unspecified atom stereocenters. The number of ether oxygens (including phenoxy) is 1. The molecule has 2 amide bonds. The van der Waals surface area contributed by atoms with Crippen LogP contribution in [0.2, 0.25) is 0 Å². The monoisotopic (exact) mass is 640 g/mol. The number of benzene rings is 3. The SMILES string of the molecule is Cc1cc(Br)cc2c(C(=O)OCC(=O)c3ccc(F)cc3)cc(-c3ccc(N4C(=O)C5C6CCC(C6)C5C4=O)cc3)nc12. The third-order valence-corrected chi connectivity index (χ3v) is 9.60. The number of pyridine rings is 1. The number of imide groups is 1. The third-order valence-electron chi connectivity index (χ3n) is 9.14. The number of carbonyl (C=O) groups excluding carboxylic acids is 4. The smallest absolute Gasteiger partial charge is 0.339 e. The summed E-state index contributed by atoms with van der Waals surface area (Å²) in [4.78, 5) is 58.7. The molecule has 0 spiro atoms. The third kappa shape index (κ3) is 4.66. The Balaban J connectivity index is 1.18. The van der Waals surface area contributed by atoms with Crippen LogP contribution in [-0.4, -0.2) is 35.2 Å².